The lowest BCUT2D eigenvalue weighted by atomic mass is 10.1. The van der Waals surface area contributed by atoms with Crippen molar-refractivity contribution in [3.63, 3.8) is 0 Å². The molecule has 0 bridgehead atoms. The molecule has 1 aromatic heterocycles. The third kappa shape index (κ3) is 2.64. The summed E-state index contributed by atoms with van der Waals surface area (Å²) in [6, 6.07) is 0.0609. The van der Waals surface area contributed by atoms with Gasteiger partial charge in [0.25, 0.3) is 0 Å². The Morgan fingerprint density at radius 3 is 2.60 bits per heavy atom. The quantitative estimate of drug-likeness (QED) is 0.926. The Kier molecular flexibility index (Phi) is 4.56. The third-order valence-corrected chi connectivity index (χ3v) is 6.20. The van der Waals surface area contributed by atoms with Gasteiger partial charge in [-0.1, -0.05) is 6.42 Å². The number of nitrogens with zero attached hydrogens (tertiary/aromatic N) is 1. The van der Waals surface area contributed by atoms with Crippen molar-refractivity contribution in [1.29, 1.82) is 0 Å². The van der Waals surface area contributed by atoms with Gasteiger partial charge in [-0.05, 0) is 40.7 Å². The normalized spacial score (nSPS) is 21.3. The maximum absolute atomic E-state index is 13.0. The van der Waals surface area contributed by atoms with Crippen LogP contribution in [0.5, 0.6) is 0 Å². The van der Waals surface area contributed by atoms with E-state index in [0.29, 0.717) is 29.5 Å². The lowest BCUT2D eigenvalue weighted by molar-refractivity contribution is 0.268. The van der Waals surface area contributed by atoms with Gasteiger partial charge < -0.3 is 9.73 Å². The Morgan fingerprint density at radius 2 is 2.00 bits per heavy atom. The fourth-order valence-corrected chi connectivity index (χ4v) is 5.09. The highest BCUT2D eigenvalue weighted by atomic mass is 32.2. The highest BCUT2D eigenvalue weighted by Gasteiger charge is 2.35. The van der Waals surface area contributed by atoms with E-state index < -0.39 is 10.0 Å². The maximum Gasteiger partial charge on any atom is 0.247 e. The van der Waals surface area contributed by atoms with E-state index in [1.54, 1.807) is 11.2 Å². The molecule has 1 aliphatic rings. The van der Waals surface area contributed by atoms with E-state index in [2.05, 4.69) is 5.32 Å². The summed E-state index contributed by atoms with van der Waals surface area (Å²) in [5.41, 5.74) is 0.753. The summed E-state index contributed by atoms with van der Waals surface area (Å²) in [6.07, 6.45) is 2.96. The molecule has 1 atom stereocenters. The zero-order valence-corrected chi connectivity index (χ0v) is 13.5. The standard InChI is InChI=1S/C14H24N2O3S/c1-10-7-5-6-8-16(10)20(17,18)14-12(3)19-11(2)13(14)9-15-4/h10,15H,5-9H2,1-4H3. The monoisotopic (exact) mass is 300 g/mol. The lowest BCUT2D eigenvalue weighted by Gasteiger charge is -2.32. The van der Waals surface area contributed by atoms with Crippen LogP contribution < -0.4 is 5.32 Å². The second kappa shape index (κ2) is 5.87. The van der Waals surface area contributed by atoms with Crippen molar-refractivity contribution in [3.05, 3.63) is 17.1 Å². The van der Waals surface area contributed by atoms with Crippen molar-refractivity contribution in [2.24, 2.45) is 0 Å². The first-order chi connectivity index (χ1) is 9.39. The van der Waals surface area contributed by atoms with Crippen LogP contribution in [0, 0.1) is 13.8 Å². The van der Waals surface area contributed by atoms with Gasteiger partial charge in [0.05, 0.1) is 0 Å². The molecule has 6 heteroatoms. The molecule has 20 heavy (non-hydrogen) atoms. The van der Waals surface area contributed by atoms with Crippen LogP contribution in [0.15, 0.2) is 9.31 Å². The zero-order valence-electron chi connectivity index (χ0n) is 12.7. The van der Waals surface area contributed by atoms with Gasteiger partial charge in [-0.3, -0.25) is 0 Å². The molecule has 0 saturated carbocycles. The zero-order chi connectivity index (χ0) is 14.9. The van der Waals surface area contributed by atoms with Gasteiger partial charge in [-0.2, -0.15) is 4.31 Å². The highest BCUT2D eigenvalue weighted by molar-refractivity contribution is 7.89. The van der Waals surface area contributed by atoms with Crippen LogP contribution in [0.4, 0.5) is 0 Å². The van der Waals surface area contributed by atoms with Crippen molar-refractivity contribution in [2.45, 2.75) is 57.5 Å². The van der Waals surface area contributed by atoms with Crippen molar-refractivity contribution in [1.82, 2.24) is 9.62 Å². The molecule has 0 aromatic carbocycles. The molecule has 5 nitrogen and oxygen atoms in total. The number of aryl methyl sites for hydroxylation is 2. The minimum atomic E-state index is -3.47. The van der Waals surface area contributed by atoms with E-state index in [1.807, 2.05) is 20.9 Å². The van der Waals surface area contributed by atoms with Crippen LogP contribution in [-0.4, -0.2) is 32.4 Å². The first-order valence-corrected chi connectivity index (χ1v) is 8.59. The number of sulfonamides is 1. The summed E-state index contributed by atoms with van der Waals surface area (Å²) in [6.45, 7) is 6.63. The number of nitrogens with one attached hydrogen (secondary N) is 1. The fraction of sp³-hybridized carbons (Fsp3) is 0.714. The molecular formula is C14H24N2O3S. The topological polar surface area (TPSA) is 62.6 Å². The average molecular weight is 300 g/mol. The van der Waals surface area contributed by atoms with Gasteiger partial charge in [-0.15, -0.1) is 0 Å². The Balaban J connectivity index is 2.48. The van der Waals surface area contributed by atoms with Gasteiger partial charge in [0.1, 0.15) is 16.4 Å². The van der Waals surface area contributed by atoms with Crippen LogP contribution in [0.1, 0.15) is 43.3 Å². The predicted octanol–water partition coefficient (Wildman–Crippen LogP) is 2.18. The second-order valence-corrected chi connectivity index (χ2v) is 7.34. The molecule has 0 spiro atoms. The summed E-state index contributed by atoms with van der Waals surface area (Å²) in [5.74, 6) is 1.17. The van der Waals surface area contributed by atoms with Gasteiger partial charge in [0, 0.05) is 24.7 Å². The molecule has 1 saturated heterocycles. The molecule has 1 N–H and O–H groups in total. The molecule has 1 aliphatic heterocycles. The molecule has 2 heterocycles. The molecule has 0 amide bonds. The Bertz CT molecular complexity index is 577. The van der Waals surface area contributed by atoms with E-state index in [9.17, 15) is 8.42 Å². The number of hydrogen-bond acceptors (Lipinski definition) is 4. The minimum absolute atomic E-state index is 0.0609. The van der Waals surface area contributed by atoms with E-state index in [1.165, 1.54) is 0 Å². The highest BCUT2D eigenvalue weighted by Crippen LogP contribution is 2.32. The molecule has 1 fully saturated rings. The van der Waals surface area contributed by atoms with Gasteiger partial charge in [-0.25, -0.2) is 8.42 Å². The Hall–Kier alpha value is -0.850. The van der Waals surface area contributed by atoms with Gasteiger partial charge in [0.2, 0.25) is 10.0 Å². The van der Waals surface area contributed by atoms with E-state index in [4.69, 9.17) is 4.42 Å². The predicted molar refractivity (Wildman–Crippen MR) is 78.2 cm³/mol. The lowest BCUT2D eigenvalue weighted by Crippen LogP contribution is -2.42. The van der Waals surface area contributed by atoms with E-state index >= 15 is 0 Å². The number of furan rings is 1. The average Bonchev–Trinajstić information content (AvgIpc) is 2.65. The summed E-state index contributed by atoms with van der Waals surface area (Å²) in [4.78, 5) is 0.359. The third-order valence-electron chi connectivity index (χ3n) is 3.99. The minimum Gasteiger partial charge on any atom is -0.465 e. The van der Waals surface area contributed by atoms with E-state index in [0.717, 1.165) is 24.8 Å². The molecule has 1 aromatic rings. The molecule has 0 aliphatic carbocycles. The van der Waals surface area contributed by atoms with Gasteiger partial charge in [0.15, 0.2) is 0 Å². The van der Waals surface area contributed by atoms with Crippen LogP contribution in [0.2, 0.25) is 0 Å². The van der Waals surface area contributed by atoms with Crippen LogP contribution in [-0.2, 0) is 16.6 Å². The van der Waals surface area contributed by atoms with E-state index in [-0.39, 0.29) is 6.04 Å². The Labute approximate surface area is 121 Å². The van der Waals surface area contributed by atoms with Crippen LogP contribution >= 0.6 is 0 Å². The molecular weight excluding hydrogens is 276 g/mol. The van der Waals surface area contributed by atoms with Crippen LogP contribution in [0.3, 0.4) is 0 Å². The van der Waals surface area contributed by atoms with Crippen molar-refractivity contribution in [2.75, 3.05) is 13.6 Å². The smallest absolute Gasteiger partial charge is 0.247 e. The molecule has 1 unspecified atom stereocenters. The first kappa shape index (κ1) is 15.5. The SMILES string of the molecule is CNCc1c(C)oc(C)c1S(=O)(=O)N1CCCCC1C. The fourth-order valence-electron chi connectivity index (χ4n) is 2.97. The molecule has 2 rings (SSSR count). The van der Waals surface area contributed by atoms with Crippen molar-refractivity contribution < 1.29 is 12.8 Å². The number of rotatable bonds is 4. The van der Waals surface area contributed by atoms with Gasteiger partial charge >= 0.3 is 0 Å². The maximum atomic E-state index is 13.0. The number of piperidine rings is 1. The summed E-state index contributed by atoms with van der Waals surface area (Å²) < 4.78 is 33.1. The van der Waals surface area contributed by atoms with Crippen molar-refractivity contribution in [3.8, 4) is 0 Å². The van der Waals surface area contributed by atoms with Crippen LogP contribution in [0.25, 0.3) is 0 Å². The van der Waals surface area contributed by atoms with Crippen molar-refractivity contribution >= 4 is 10.0 Å². The Morgan fingerprint density at radius 1 is 1.30 bits per heavy atom. The number of hydrogen-bond donors (Lipinski definition) is 1. The molecule has 114 valence electrons. The summed E-state index contributed by atoms with van der Waals surface area (Å²) in [7, 11) is -1.67. The molecule has 0 radical (unpaired) electrons. The summed E-state index contributed by atoms with van der Waals surface area (Å²) in [5, 5.41) is 3.02. The second-order valence-electron chi connectivity index (χ2n) is 5.51. The summed E-state index contributed by atoms with van der Waals surface area (Å²) >= 11 is 0. The largest absolute Gasteiger partial charge is 0.465 e. The first-order valence-electron chi connectivity index (χ1n) is 7.15.